The van der Waals surface area contributed by atoms with Gasteiger partial charge in [-0.1, -0.05) is 0 Å². The van der Waals surface area contributed by atoms with Crippen LogP contribution in [0, 0.1) is 0 Å². The van der Waals surface area contributed by atoms with E-state index in [2.05, 4.69) is 20.2 Å². The minimum absolute atomic E-state index is 0.128. The number of aromatic nitrogens is 4. The van der Waals surface area contributed by atoms with Gasteiger partial charge in [0.15, 0.2) is 5.82 Å². The van der Waals surface area contributed by atoms with Crippen LogP contribution in [0.2, 0.25) is 0 Å². The van der Waals surface area contributed by atoms with Crippen LogP contribution in [0.25, 0.3) is 22.2 Å². The molecule has 4 rings (SSSR count). The van der Waals surface area contributed by atoms with E-state index in [4.69, 9.17) is 0 Å². The Morgan fingerprint density at radius 1 is 1.29 bits per heavy atom. The van der Waals surface area contributed by atoms with E-state index in [0.717, 1.165) is 35.1 Å². The molecule has 3 aromatic rings. The summed E-state index contributed by atoms with van der Waals surface area (Å²) in [6.45, 7) is 0.726. The first kappa shape index (κ1) is 12.0. The van der Waals surface area contributed by atoms with E-state index in [0.29, 0.717) is 12.2 Å². The third kappa shape index (κ3) is 1.96. The normalized spacial score (nSPS) is 15.0. The summed E-state index contributed by atoms with van der Waals surface area (Å²) in [5.41, 5.74) is 2.60. The summed E-state index contributed by atoms with van der Waals surface area (Å²) in [6.07, 6.45) is 6.72. The first-order chi connectivity index (χ1) is 10.3. The van der Waals surface area contributed by atoms with E-state index in [1.165, 1.54) is 0 Å². The predicted octanol–water partition coefficient (Wildman–Crippen LogP) is 2.15. The lowest BCUT2D eigenvalue weighted by atomic mass is 10.1. The fourth-order valence-electron chi connectivity index (χ4n) is 2.65. The smallest absolute Gasteiger partial charge is 0.228 e. The van der Waals surface area contributed by atoms with Crippen molar-refractivity contribution in [2.24, 2.45) is 0 Å². The van der Waals surface area contributed by atoms with Crippen LogP contribution in [0.15, 0.2) is 36.8 Å². The van der Waals surface area contributed by atoms with Crippen LogP contribution in [-0.2, 0) is 4.79 Å². The lowest BCUT2D eigenvalue weighted by molar-refractivity contribution is -0.117. The highest BCUT2D eigenvalue weighted by atomic mass is 16.2. The highest BCUT2D eigenvalue weighted by Crippen LogP contribution is 2.29. The maximum Gasteiger partial charge on any atom is 0.228 e. The topological polar surface area (TPSA) is 74.8 Å². The second-order valence-corrected chi connectivity index (χ2v) is 5.05. The van der Waals surface area contributed by atoms with Crippen molar-refractivity contribution in [2.75, 3.05) is 11.4 Å². The predicted molar refractivity (Wildman–Crippen MR) is 78.7 cm³/mol. The van der Waals surface area contributed by atoms with E-state index in [-0.39, 0.29) is 5.91 Å². The molecule has 0 saturated carbocycles. The lowest BCUT2D eigenvalue weighted by Gasteiger charge is -2.12. The standard InChI is InChI=1S/C15H13N5O/c21-14-4-2-6-20(14)15-11-7-12(10-3-1-5-16-8-10)17-9-13(11)18-19-15/h1,3,5,7-9H,2,4,6H2,(H,18,19). The Morgan fingerprint density at radius 2 is 2.24 bits per heavy atom. The van der Waals surface area contributed by atoms with Crippen LogP contribution in [0.3, 0.4) is 0 Å². The Hall–Kier alpha value is -2.76. The van der Waals surface area contributed by atoms with E-state index >= 15 is 0 Å². The highest BCUT2D eigenvalue weighted by Gasteiger charge is 2.25. The number of rotatable bonds is 2. The monoisotopic (exact) mass is 279 g/mol. The van der Waals surface area contributed by atoms with Crippen LogP contribution in [-0.4, -0.2) is 32.6 Å². The zero-order valence-electron chi connectivity index (χ0n) is 11.3. The number of nitrogens with zero attached hydrogens (tertiary/aromatic N) is 4. The average molecular weight is 279 g/mol. The van der Waals surface area contributed by atoms with Gasteiger partial charge in [-0.25, -0.2) is 0 Å². The minimum Gasteiger partial charge on any atom is -0.295 e. The van der Waals surface area contributed by atoms with Gasteiger partial charge < -0.3 is 0 Å². The van der Waals surface area contributed by atoms with Crippen LogP contribution in [0.4, 0.5) is 5.82 Å². The number of hydrogen-bond donors (Lipinski definition) is 1. The summed E-state index contributed by atoms with van der Waals surface area (Å²) in [6, 6.07) is 5.79. The summed E-state index contributed by atoms with van der Waals surface area (Å²) in [4.78, 5) is 22.2. The Labute approximate surface area is 120 Å². The number of pyridine rings is 2. The fourth-order valence-corrected chi connectivity index (χ4v) is 2.65. The molecule has 104 valence electrons. The second kappa shape index (κ2) is 4.66. The molecule has 0 aliphatic carbocycles. The Morgan fingerprint density at radius 3 is 3.00 bits per heavy atom. The molecule has 0 radical (unpaired) electrons. The Bertz CT molecular complexity index is 811. The molecule has 21 heavy (non-hydrogen) atoms. The van der Waals surface area contributed by atoms with Gasteiger partial charge >= 0.3 is 0 Å². The zero-order valence-corrected chi connectivity index (χ0v) is 11.3. The molecule has 1 amide bonds. The van der Waals surface area contributed by atoms with Crippen LogP contribution >= 0.6 is 0 Å². The summed E-state index contributed by atoms with van der Waals surface area (Å²) in [5.74, 6) is 0.822. The maximum absolute atomic E-state index is 11.9. The number of carbonyl (C=O) groups is 1. The molecule has 1 fully saturated rings. The van der Waals surface area contributed by atoms with Gasteiger partial charge in [-0.2, -0.15) is 5.10 Å². The van der Waals surface area contributed by atoms with Gasteiger partial charge in [0.1, 0.15) is 0 Å². The van der Waals surface area contributed by atoms with Crippen molar-refractivity contribution in [2.45, 2.75) is 12.8 Å². The highest BCUT2D eigenvalue weighted by molar-refractivity contribution is 6.03. The van der Waals surface area contributed by atoms with Crippen molar-refractivity contribution in [1.82, 2.24) is 20.2 Å². The number of aromatic amines is 1. The Balaban J connectivity index is 1.85. The molecule has 1 aliphatic rings. The number of anilines is 1. The number of hydrogen-bond acceptors (Lipinski definition) is 4. The first-order valence-electron chi connectivity index (χ1n) is 6.88. The quantitative estimate of drug-likeness (QED) is 0.780. The van der Waals surface area contributed by atoms with Crippen molar-refractivity contribution in [3.63, 3.8) is 0 Å². The van der Waals surface area contributed by atoms with Gasteiger partial charge in [0.25, 0.3) is 0 Å². The molecule has 0 atom stereocenters. The second-order valence-electron chi connectivity index (χ2n) is 5.05. The van der Waals surface area contributed by atoms with E-state index in [1.807, 2.05) is 18.2 Å². The summed E-state index contributed by atoms with van der Waals surface area (Å²) >= 11 is 0. The van der Waals surface area contributed by atoms with Gasteiger partial charge in [0.2, 0.25) is 5.91 Å². The SMILES string of the molecule is O=C1CCCN1c1n[nH]c2cnc(-c3cccnc3)cc12. The van der Waals surface area contributed by atoms with E-state index in [9.17, 15) is 4.79 Å². The molecule has 6 nitrogen and oxygen atoms in total. The molecule has 0 spiro atoms. The van der Waals surface area contributed by atoms with Gasteiger partial charge in [-0.05, 0) is 24.6 Å². The molecular weight excluding hydrogens is 266 g/mol. The molecule has 6 heteroatoms. The molecule has 0 bridgehead atoms. The average Bonchev–Trinajstić information content (AvgIpc) is 3.13. The van der Waals surface area contributed by atoms with Crippen molar-refractivity contribution >= 4 is 22.6 Å². The largest absolute Gasteiger partial charge is 0.295 e. The van der Waals surface area contributed by atoms with Crippen molar-refractivity contribution in [1.29, 1.82) is 0 Å². The lowest BCUT2D eigenvalue weighted by Crippen LogP contribution is -2.24. The number of fused-ring (bicyclic) bond motifs is 1. The first-order valence-corrected chi connectivity index (χ1v) is 6.88. The molecule has 3 aromatic heterocycles. The molecule has 0 unspecified atom stereocenters. The maximum atomic E-state index is 11.9. The number of amides is 1. The van der Waals surface area contributed by atoms with Crippen molar-refractivity contribution in [3.05, 3.63) is 36.8 Å². The number of carbonyl (C=O) groups excluding carboxylic acids is 1. The Kier molecular flexibility index (Phi) is 2.67. The van der Waals surface area contributed by atoms with Gasteiger partial charge in [-0.3, -0.25) is 24.8 Å². The van der Waals surface area contributed by atoms with Gasteiger partial charge in [0.05, 0.1) is 17.4 Å². The molecule has 0 aromatic carbocycles. The number of nitrogens with one attached hydrogen (secondary N) is 1. The van der Waals surface area contributed by atoms with Crippen LogP contribution in [0.1, 0.15) is 12.8 Å². The number of H-pyrrole nitrogens is 1. The summed E-state index contributed by atoms with van der Waals surface area (Å²) in [7, 11) is 0. The summed E-state index contributed by atoms with van der Waals surface area (Å²) < 4.78 is 0. The third-order valence-corrected chi connectivity index (χ3v) is 3.71. The van der Waals surface area contributed by atoms with Crippen LogP contribution in [0.5, 0.6) is 0 Å². The van der Waals surface area contributed by atoms with Gasteiger partial charge in [0, 0.05) is 36.3 Å². The minimum atomic E-state index is 0.128. The summed E-state index contributed by atoms with van der Waals surface area (Å²) in [5, 5.41) is 8.15. The molecule has 1 saturated heterocycles. The van der Waals surface area contributed by atoms with Crippen molar-refractivity contribution < 1.29 is 4.79 Å². The third-order valence-electron chi connectivity index (χ3n) is 3.71. The van der Waals surface area contributed by atoms with E-state index < -0.39 is 0 Å². The molecule has 4 heterocycles. The molecule has 1 aliphatic heterocycles. The zero-order chi connectivity index (χ0) is 14.2. The van der Waals surface area contributed by atoms with Crippen LogP contribution < -0.4 is 4.90 Å². The van der Waals surface area contributed by atoms with Gasteiger partial charge in [-0.15, -0.1) is 0 Å². The van der Waals surface area contributed by atoms with Crippen molar-refractivity contribution in [3.8, 4) is 11.3 Å². The molecular formula is C15H13N5O. The van der Waals surface area contributed by atoms with E-state index in [1.54, 1.807) is 23.5 Å². The fraction of sp³-hybridized carbons (Fsp3) is 0.200. The molecule has 1 N–H and O–H groups in total.